The number of nitrogens with one attached hydrogen (secondary N) is 1. The summed E-state index contributed by atoms with van der Waals surface area (Å²) in [6.45, 7) is 8.23. The van der Waals surface area contributed by atoms with Crippen molar-refractivity contribution >= 4 is 23.3 Å². The smallest absolute Gasteiger partial charge is 0.330 e. The Morgan fingerprint density at radius 1 is 0.967 bits per heavy atom. The van der Waals surface area contributed by atoms with Gasteiger partial charge in [0.15, 0.2) is 0 Å². The molecule has 7 heteroatoms. The van der Waals surface area contributed by atoms with Gasteiger partial charge in [0, 0.05) is 30.0 Å². The zero-order valence-corrected chi connectivity index (χ0v) is 17.5. The summed E-state index contributed by atoms with van der Waals surface area (Å²) in [6, 6.07) is 16.2. The van der Waals surface area contributed by atoms with Gasteiger partial charge in [0.1, 0.15) is 0 Å². The second-order valence-corrected chi connectivity index (χ2v) is 8.23. The summed E-state index contributed by atoms with van der Waals surface area (Å²) in [6.07, 6.45) is 0. The van der Waals surface area contributed by atoms with Crippen LogP contribution >= 0.6 is 0 Å². The Hall–Kier alpha value is -3.37. The summed E-state index contributed by atoms with van der Waals surface area (Å²) in [5.74, 6) is -0.432. The van der Waals surface area contributed by atoms with Crippen molar-refractivity contribution in [3.05, 3.63) is 59.7 Å². The van der Waals surface area contributed by atoms with Crippen molar-refractivity contribution in [3.63, 3.8) is 0 Å². The Labute approximate surface area is 176 Å². The van der Waals surface area contributed by atoms with E-state index in [-0.39, 0.29) is 11.9 Å². The zero-order valence-electron chi connectivity index (χ0n) is 17.5. The lowest BCUT2D eigenvalue weighted by Crippen LogP contribution is -2.48. The first-order valence-electron chi connectivity index (χ1n) is 9.90. The Morgan fingerprint density at radius 3 is 2.10 bits per heavy atom. The van der Waals surface area contributed by atoms with Crippen LogP contribution in [0.5, 0.6) is 0 Å². The van der Waals surface area contributed by atoms with E-state index in [1.165, 1.54) is 0 Å². The Morgan fingerprint density at radius 2 is 1.57 bits per heavy atom. The minimum absolute atomic E-state index is 0.204. The van der Waals surface area contributed by atoms with Gasteiger partial charge in [0.2, 0.25) is 0 Å². The average Bonchev–Trinajstić information content (AvgIpc) is 2.74. The van der Waals surface area contributed by atoms with Crippen molar-refractivity contribution < 1.29 is 14.4 Å². The summed E-state index contributed by atoms with van der Waals surface area (Å²) >= 11 is 0. The van der Waals surface area contributed by atoms with Crippen molar-refractivity contribution in [1.82, 2.24) is 5.06 Å². The van der Waals surface area contributed by atoms with Gasteiger partial charge in [0.05, 0.1) is 30.1 Å². The fraction of sp³-hybridized carbons (Fsp3) is 0.348. The second kappa shape index (κ2) is 8.97. The number of rotatable bonds is 4. The number of nitrogens with zero attached hydrogens (tertiary/aromatic N) is 3. The van der Waals surface area contributed by atoms with Crippen LogP contribution in [0.2, 0.25) is 0 Å². The molecule has 156 valence electrons. The maximum atomic E-state index is 12.4. The molecule has 0 bridgehead atoms. The molecule has 2 aromatic rings. The minimum atomic E-state index is -0.523. The van der Waals surface area contributed by atoms with E-state index >= 15 is 0 Å². The van der Waals surface area contributed by atoms with Gasteiger partial charge in [-0.3, -0.25) is 4.79 Å². The number of nitriles is 1. The van der Waals surface area contributed by atoms with E-state index in [4.69, 9.17) is 10.1 Å². The molecule has 1 heterocycles. The molecular weight excluding hydrogens is 380 g/mol. The molecule has 2 aromatic carbocycles. The van der Waals surface area contributed by atoms with Crippen LogP contribution in [0, 0.1) is 16.7 Å². The van der Waals surface area contributed by atoms with E-state index in [0.717, 1.165) is 18.8 Å². The van der Waals surface area contributed by atoms with Gasteiger partial charge in [-0.1, -0.05) is 0 Å². The number of carbonyl (C=O) groups is 2. The molecular formula is C23H26N4O3. The van der Waals surface area contributed by atoms with Crippen molar-refractivity contribution in [2.45, 2.75) is 20.8 Å². The van der Waals surface area contributed by atoms with Gasteiger partial charge in [-0.05, 0) is 69.3 Å². The fourth-order valence-corrected chi connectivity index (χ4v) is 2.95. The topological polar surface area (TPSA) is 85.7 Å². The first kappa shape index (κ1) is 21.3. The number of hydroxylamine groups is 2. The second-order valence-electron chi connectivity index (χ2n) is 8.23. The fourth-order valence-electron chi connectivity index (χ4n) is 2.95. The molecule has 7 nitrogen and oxygen atoms in total. The molecule has 1 saturated heterocycles. The highest BCUT2D eigenvalue weighted by Crippen LogP contribution is 2.20. The van der Waals surface area contributed by atoms with Crippen LogP contribution in [-0.2, 0) is 9.63 Å². The minimum Gasteiger partial charge on any atom is -0.369 e. The Kier molecular flexibility index (Phi) is 6.38. The van der Waals surface area contributed by atoms with Crippen molar-refractivity contribution in [3.8, 4) is 6.07 Å². The molecule has 1 fully saturated rings. The molecule has 1 N–H and O–H groups in total. The summed E-state index contributed by atoms with van der Waals surface area (Å²) in [7, 11) is 0. The summed E-state index contributed by atoms with van der Waals surface area (Å²) in [5.41, 5.74) is 2.24. The molecule has 3 rings (SSSR count). The highest BCUT2D eigenvalue weighted by atomic mass is 16.7. The summed E-state index contributed by atoms with van der Waals surface area (Å²) in [4.78, 5) is 32.1. The molecule has 0 unspecified atom stereocenters. The van der Waals surface area contributed by atoms with Crippen LogP contribution in [0.15, 0.2) is 48.5 Å². The number of piperazine rings is 1. The number of amides is 1. The molecule has 0 aliphatic carbocycles. The quantitative estimate of drug-likeness (QED) is 0.837. The SMILES string of the molecule is CC(C)(C)C(=O)ON1CCN(c2ccc(C(=O)Nc3ccc(C#N)cc3)cc2)CC1. The van der Waals surface area contributed by atoms with E-state index < -0.39 is 5.41 Å². The number of benzene rings is 2. The number of anilines is 2. The molecule has 0 saturated carbocycles. The highest BCUT2D eigenvalue weighted by molar-refractivity contribution is 6.04. The number of carbonyl (C=O) groups excluding carboxylic acids is 2. The van der Waals surface area contributed by atoms with Crippen LogP contribution in [0.3, 0.4) is 0 Å². The summed E-state index contributed by atoms with van der Waals surface area (Å²) in [5, 5.41) is 13.4. The third-order valence-corrected chi connectivity index (χ3v) is 4.83. The number of hydrogen-bond acceptors (Lipinski definition) is 6. The lowest BCUT2D eigenvalue weighted by molar-refractivity contribution is -0.201. The van der Waals surface area contributed by atoms with Crippen molar-refractivity contribution in [2.24, 2.45) is 5.41 Å². The normalized spacial score (nSPS) is 14.7. The van der Waals surface area contributed by atoms with Crippen LogP contribution in [0.4, 0.5) is 11.4 Å². The van der Waals surface area contributed by atoms with E-state index in [1.807, 2.05) is 32.9 Å². The van der Waals surface area contributed by atoms with Gasteiger partial charge in [-0.2, -0.15) is 5.26 Å². The maximum Gasteiger partial charge on any atom is 0.330 e. The molecule has 0 atom stereocenters. The van der Waals surface area contributed by atoms with Crippen LogP contribution in [-0.4, -0.2) is 43.1 Å². The van der Waals surface area contributed by atoms with Gasteiger partial charge in [0.25, 0.3) is 5.91 Å². The Bertz CT molecular complexity index is 932. The monoisotopic (exact) mass is 406 g/mol. The molecule has 0 radical (unpaired) electrons. The Balaban J connectivity index is 1.54. The third kappa shape index (κ3) is 5.37. The third-order valence-electron chi connectivity index (χ3n) is 4.83. The molecule has 0 spiro atoms. The van der Waals surface area contributed by atoms with E-state index in [2.05, 4.69) is 16.3 Å². The molecule has 1 aliphatic heterocycles. The van der Waals surface area contributed by atoms with Gasteiger partial charge >= 0.3 is 5.97 Å². The predicted molar refractivity (Wildman–Crippen MR) is 115 cm³/mol. The van der Waals surface area contributed by atoms with Crippen LogP contribution < -0.4 is 10.2 Å². The molecule has 0 aromatic heterocycles. The summed E-state index contributed by atoms with van der Waals surface area (Å²) < 4.78 is 0. The van der Waals surface area contributed by atoms with E-state index in [0.29, 0.717) is 29.9 Å². The van der Waals surface area contributed by atoms with E-state index in [9.17, 15) is 9.59 Å². The predicted octanol–water partition coefficient (Wildman–Crippen LogP) is 3.44. The first-order chi connectivity index (χ1) is 14.3. The van der Waals surface area contributed by atoms with Gasteiger partial charge in [-0.15, -0.1) is 5.06 Å². The average molecular weight is 406 g/mol. The van der Waals surface area contributed by atoms with Gasteiger partial charge in [-0.25, -0.2) is 4.79 Å². The largest absolute Gasteiger partial charge is 0.369 e. The van der Waals surface area contributed by atoms with Crippen molar-refractivity contribution in [1.29, 1.82) is 5.26 Å². The molecule has 30 heavy (non-hydrogen) atoms. The zero-order chi connectivity index (χ0) is 21.7. The van der Waals surface area contributed by atoms with Gasteiger partial charge < -0.3 is 15.1 Å². The van der Waals surface area contributed by atoms with Crippen LogP contribution in [0.25, 0.3) is 0 Å². The maximum absolute atomic E-state index is 12.4. The lowest BCUT2D eigenvalue weighted by atomic mass is 9.98. The molecule has 1 amide bonds. The molecule has 1 aliphatic rings. The highest BCUT2D eigenvalue weighted by Gasteiger charge is 2.27. The first-order valence-corrected chi connectivity index (χ1v) is 9.90. The van der Waals surface area contributed by atoms with E-state index in [1.54, 1.807) is 41.5 Å². The standard InChI is InChI=1S/C23H26N4O3/c1-23(2,3)22(29)30-27-14-12-26(13-15-27)20-10-6-18(7-11-20)21(28)25-19-8-4-17(16-24)5-9-19/h4-11H,12-15H2,1-3H3,(H,25,28). The van der Waals surface area contributed by atoms with Crippen molar-refractivity contribution in [2.75, 3.05) is 36.4 Å². The lowest BCUT2D eigenvalue weighted by Gasteiger charge is -2.35. The number of hydrogen-bond donors (Lipinski definition) is 1. The van der Waals surface area contributed by atoms with Crippen LogP contribution in [0.1, 0.15) is 36.7 Å².